The van der Waals surface area contributed by atoms with E-state index in [1.807, 2.05) is 31.2 Å². The molecule has 0 atom stereocenters. The predicted molar refractivity (Wildman–Crippen MR) is 78.1 cm³/mol. The van der Waals surface area contributed by atoms with Crippen molar-refractivity contribution in [3.63, 3.8) is 0 Å². The first kappa shape index (κ1) is 13.0. The Labute approximate surface area is 119 Å². The predicted octanol–water partition coefficient (Wildman–Crippen LogP) is 2.25. The second kappa shape index (κ2) is 5.96. The van der Waals surface area contributed by atoms with Gasteiger partial charge < -0.3 is 10.2 Å². The summed E-state index contributed by atoms with van der Waals surface area (Å²) in [4.78, 5) is 8.49. The van der Waals surface area contributed by atoms with Crippen LogP contribution in [-0.4, -0.2) is 9.97 Å². The van der Waals surface area contributed by atoms with Crippen molar-refractivity contribution in [3.8, 4) is 5.75 Å². The number of hydrogen-bond acceptors (Lipinski definition) is 5. The quantitative estimate of drug-likeness (QED) is 0.500. The van der Waals surface area contributed by atoms with E-state index in [2.05, 4.69) is 38.0 Å². The van der Waals surface area contributed by atoms with Crippen molar-refractivity contribution in [2.45, 2.75) is 13.5 Å². The van der Waals surface area contributed by atoms with Crippen molar-refractivity contribution < 1.29 is 4.74 Å². The average molecular weight is 356 g/mol. The smallest absolute Gasteiger partial charge is 0.168 e. The van der Waals surface area contributed by atoms with Gasteiger partial charge in [0.25, 0.3) is 0 Å². The maximum Gasteiger partial charge on any atom is 0.168 e. The highest BCUT2D eigenvalue weighted by Gasteiger charge is 2.02. The van der Waals surface area contributed by atoms with Crippen LogP contribution in [0.15, 0.2) is 30.3 Å². The highest BCUT2D eigenvalue weighted by molar-refractivity contribution is 14.1. The van der Waals surface area contributed by atoms with Crippen LogP contribution < -0.4 is 16.0 Å². The molecule has 2 aromatic rings. The monoisotopic (exact) mass is 356 g/mol. The number of ether oxygens (including phenoxy) is 1. The van der Waals surface area contributed by atoms with E-state index in [0.717, 1.165) is 11.4 Å². The molecule has 0 radical (unpaired) electrons. The molecule has 5 nitrogen and oxygen atoms in total. The van der Waals surface area contributed by atoms with Gasteiger partial charge in [-0.1, -0.05) is 0 Å². The summed E-state index contributed by atoms with van der Waals surface area (Å²) >= 11 is 2.25. The van der Waals surface area contributed by atoms with Crippen molar-refractivity contribution in [2.24, 2.45) is 5.84 Å². The first-order valence-corrected chi connectivity index (χ1v) is 6.45. The summed E-state index contributed by atoms with van der Waals surface area (Å²) in [5.41, 5.74) is 3.35. The van der Waals surface area contributed by atoms with Crippen molar-refractivity contribution in [1.29, 1.82) is 0 Å². The lowest BCUT2D eigenvalue weighted by atomic mass is 10.3. The Hall–Kier alpha value is -1.41. The SMILES string of the molecule is Cc1cc(NN)nc(COc2ccc(I)cc2)n1. The zero-order chi connectivity index (χ0) is 13.0. The van der Waals surface area contributed by atoms with Crippen LogP contribution in [0.25, 0.3) is 0 Å². The van der Waals surface area contributed by atoms with E-state index in [1.54, 1.807) is 6.07 Å². The molecule has 1 heterocycles. The fraction of sp³-hybridized carbons (Fsp3) is 0.167. The van der Waals surface area contributed by atoms with Crippen LogP contribution in [0.4, 0.5) is 5.82 Å². The normalized spacial score (nSPS) is 10.2. The summed E-state index contributed by atoms with van der Waals surface area (Å²) in [6.07, 6.45) is 0. The van der Waals surface area contributed by atoms with Crippen LogP contribution in [-0.2, 0) is 6.61 Å². The molecule has 0 aliphatic rings. The highest BCUT2D eigenvalue weighted by atomic mass is 127. The molecular formula is C12H13IN4O. The van der Waals surface area contributed by atoms with Crippen LogP contribution in [0.5, 0.6) is 5.75 Å². The summed E-state index contributed by atoms with van der Waals surface area (Å²) in [6, 6.07) is 9.58. The second-order valence-corrected chi connectivity index (χ2v) is 4.94. The number of nitrogens with zero attached hydrogens (tertiary/aromatic N) is 2. The molecule has 0 aliphatic heterocycles. The Morgan fingerprint density at radius 1 is 1.28 bits per heavy atom. The molecule has 0 unspecified atom stereocenters. The Bertz CT molecular complexity index is 530. The Morgan fingerprint density at radius 2 is 2.00 bits per heavy atom. The van der Waals surface area contributed by atoms with Gasteiger partial charge in [0.1, 0.15) is 18.2 Å². The largest absolute Gasteiger partial charge is 0.486 e. The number of halogens is 1. The number of anilines is 1. The lowest BCUT2D eigenvalue weighted by Gasteiger charge is -2.07. The van der Waals surface area contributed by atoms with E-state index in [0.29, 0.717) is 18.2 Å². The topological polar surface area (TPSA) is 73.1 Å². The Kier molecular flexibility index (Phi) is 4.32. The van der Waals surface area contributed by atoms with Crippen LogP contribution in [0, 0.1) is 10.5 Å². The third kappa shape index (κ3) is 3.54. The molecule has 2 rings (SSSR count). The number of hydrogen-bond donors (Lipinski definition) is 2. The van der Waals surface area contributed by atoms with Gasteiger partial charge in [-0.3, -0.25) is 0 Å². The zero-order valence-corrected chi connectivity index (χ0v) is 12.0. The van der Waals surface area contributed by atoms with Gasteiger partial charge in [-0.05, 0) is 53.8 Å². The minimum Gasteiger partial charge on any atom is -0.486 e. The third-order valence-electron chi connectivity index (χ3n) is 2.23. The second-order valence-electron chi connectivity index (χ2n) is 3.70. The average Bonchev–Trinajstić information content (AvgIpc) is 2.37. The van der Waals surface area contributed by atoms with Crippen molar-refractivity contribution in [2.75, 3.05) is 5.43 Å². The zero-order valence-electron chi connectivity index (χ0n) is 9.85. The number of aromatic nitrogens is 2. The number of nitrogens with one attached hydrogen (secondary N) is 1. The fourth-order valence-corrected chi connectivity index (χ4v) is 1.81. The first-order valence-electron chi connectivity index (χ1n) is 5.37. The maximum absolute atomic E-state index is 5.60. The number of aryl methyl sites for hydroxylation is 1. The van der Waals surface area contributed by atoms with E-state index >= 15 is 0 Å². The number of hydrazine groups is 1. The molecule has 0 saturated heterocycles. The van der Waals surface area contributed by atoms with Crippen molar-refractivity contribution in [1.82, 2.24) is 9.97 Å². The summed E-state index contributed by atoms with van der Waals surface area (Å²) in [5.74, 6) is 7.31. The van der Waals surface area contributed by atoms with Crippen molar-refractivity contribution in [3.05, 3.63) is 45.4 Å². The first-order chi connectivity index (χ1) is 8.67. The van der Waals surface area contributed by atoms with Crippen LogP contribution in [0.3, 0.4) is 0 Å². The molecule has 1 aromatic heterocycles. The molecule has 0 fully saturated rings. The summed E-state index contributed by atoms with van der Waals surface area (Å²) < 4.78 is 6.77. The minimum atomic E-state index is 0.316. The van der Waals surface area contributed by atoms with E-state index < -0.39 is 0 Å². The van der Waals surface area contributed by atoms with Crippen LogP contribution in [0.1, 0.15) is 11.5 Å². The minimum absolute atomic E-state index is 0.316. The van der Waals surface area contributed by atoms with Gasteiger partial charge in [-0.25, -0.2) is 15.8 Å². The maximum atomic E-state index is 5.60. The molecule has 0 bridgehead atoms. The standard InChI is InChI=1S/C12H13IN4O/c1-8-6-11(17-14)16-12(15-8)7-18-10-4-2-9(13)3-5-10/h2-6H,7,14H2,1H3,(H,15,16,17). The van der Waals surface area contributed by atoms with Crippen LogP contribution in [0.2, 0.25) is 0 Å². The van der Waals surface area contributed by atoms with Gasteiger partial charge >= 0.3 is 0 Å². The summed E-state index contributed by atoms with van der Waals surface area (Å²) in [5, 5.41) is 0. The molecular weight excluding hydrogens is 343 g/mol. The van der Waals surface area contributed by atoms with Gasteiger partial charge in [0.2, 0.25) is 0 Å². The van der Waals surface area contributed by atoms with E-state index in [4.69, 9.17) is 10.6 Å². The lowest BCUT2D eigenvalue weighted by Crippen LogP contribution is -2.12. The molecule has 0 aliphatic carbocycles. The third-order valence-corrected chi connectivity index (χ3v) is 2.95. The van der Waals surface area contributed by atoms with Gasteiger partial charge in [0, 0.05) is 15.3 Å². The number of benzene rings is 1. The molecule has 0 spiro atoms. The lowest BCUT2D eigenvalue weighted by molar-refractivity contribution is 0.295. The van der Waals surface area contributed by atoms with Gasteiger partial charge in [-0.2, -0.15) is 0 Å². The van der Waals surface area contributed by atoms with E-state index in [-0.39, 0.29) is 0 Å². The molecule has 0 saturated carbocycles. The fourth-order valence-electron chi connectivity index (χ4n) is 1.45. The molecule has 6 heteroatoms. The molecule has 1 aromatic carbocycles. The summed E-state index contributed by atoms with van der Waals surface area (Å²) in [7, 11) is 0. The van der Waals surface area contributed by atoms with Crippen molar-refractivity contribution >= 4 is 28.4 Å². The number of nitrogens with two attached hydrogens (primary N) is 1. The number of rotatable bonds is 4. The van der Waals surface area contributed by atoms with Crippen LogP contribution >= 0.6 is 22.6 Å². The molecule has 0 amide bonds. The summed E-state index contributed by atoms with van der Waals surface area (Å²) in [6.45, 7) is 2.20. The number of nitrogen functional groups attached to an aromatic ring is 1. The van der Waals surface area contributed by atoms with Gasteiger partial charge in [0.05, 0.1) is 0 Å². The molecule has 94 valence electrons. The Balaban J connectivity index is 2.05. The highest BCUT2D eigenvalue weighted by Crippen LogP contribution is 2.15. The van der Waals surface area contributed by atoms with E-state index in [9.17, 15) is 0 Å². The Morgan fingerprint density at radius 3 is 2.67 bits per heavy atom. The molecule has 3 N–H and O–H groups in total. The molecule has 18 heavy (non-hydrogen) atoms. The van der Waals surface area contributed by atoms with E-state index in [1.165, 1.54) is 3.57 Å². The van der Waals surface area contributed by atoms with Gasteiger partial charge in [0.15, 0.2) is 5.82 Å². The van der Waals surface area contributed by atoms with Gasteiger partial charge in [-0.15, -0.1) is 0 Å².